The lowest BCUT2D eigenvalue weighted by molar-refractivity contribution is -0.140. The van der Waals surface area contributed by atoms with Crippen LogP contribution in [0.2, 0.25) is 0 Å². The predicted molar refractivity (Wildman–Crippen MR) is 55.8 cm³/mol. The lowest BCUT2D eigenvalue weighted by atomic mass is 10.1. The molecule has 1 N–H and O–H groups in total. The van der Waals surface area contributed by atoms with Crippen molar-refractivity contribution in [3.05, 3.63) is 39.6 Å². The normalized spacial score (nSPS) is 12.1. The van der Waals surface area contributed by atoms with Gasteiger partial charge in [0.05, 0.1) is 5.56 Å². The summed E-state index contributed by atoms with van der Waals surface area (Å²) in [5.41, 5.74) is -1.51. The highest BCUT2D eigenvalue weighted by Gasteiger charge is 2.34. The van der Waals surface area contributed by atoms with Crippen LogP contribution in [-0.4, -0.2) is 11.1 Å². The summed E-state index contributed by atoms with van der Waals surface area (Å²) in [7, 11) is 0. The number of carbonyl (C=O) groups is 1. The van der Waals surface area contributed by atoms with Crippen LogP contribution in [-0.2, 0) is 11.0 Å². The molecule has 92 valence electrons. The molecule has 0 saturated heterocycles. The second-order valence-electron chi connectivity index (χ2n) is 3.02. The number of hydrogen-bond acceptors (Lipinski definition) is 1. The SMILES string of the molecule is O=C(O)/C=C/c1cc(C(F)(F)F)c(F)cc1Br. The summed E-state index contributed by atoms with van der Waals surface area (Å²) >= 11 is 2.85. The van der Waals surface area contributed by atoms with Gasteiger partial charge in [-0.25, -0.2) is 9.18 Å². The first-order valence-electron chi connectivity index (χ1n) is 4.19. The minimum absolute atomic E-state index is 0.0421. The number of rotatable bonds is 2. The lowest BCUT2D eigenvalue weighted by Gasteiger charge is -2.09. The minimum atomic E-state index is -4.82. The smallest absolute Gasteiger partial charge is 0.419 e. The van der Waals surface area contributed by atoms with Crippen LogP contribution < -0.4 is 0 Å². The molecule has 7 heteroatoms. The Hall–Kier alpha value is -1.37. The number of hydrogen-bond donors (Lipinski definition) is 1. The first kappa shape index (κ1) is 13.7. The third kappa shape index (κ3) is 3.55. The fourth-order valence-electron chi connectivity index (χ4n) is 1.07. The van der Waals surface area contributed by atoms with E-state index >= 15 is 0 Å². The molecule has 0 heterocycles. The van der Waals surface area contributed by atoms with Crippen LogP contribution in [0.3, 0.4) is 0 Å². The molecule has 0 radical (unpaired) electrons. The summed E-state index contributed by atoms with van der Waals surface area (Å²) in [6.07, 6.45) is -3.21. The summed E-state index contributed by atoms with van der Waals surface area (Å²) in [6.45, 7) is 0. The Kier molecular flexibility index (Phi) is 3.92. The highest BCUT2D eigenvalue weighted by Crippen LogP contribution is 2.34. The van der Waals surface area contributed by atoms with Crippen LogP contribution >= 0.6 is 15.9 Å². The van der Waals surface area contributed by atoms with Crippen molar-refractivity contribution in [3.8, 4) is 0 Å². The van der Waals surface area contributed by atoms with Gasteiger partial charge >= 0.3 is 12.1 Å². The van der Waals surface area contributed by atoms with E-state index in [9.17, 15) is 22.4 Å². The molecule has 1 aromatic carbocycles. The van der Waals surface area contributed by atoms with Crippen molar-refractivity contribution >= 4 is 28.0 Å². The summed E-state index contributed by atoms with van der Waals surface area (Å²) in [5, 5.41) is 8.35. The minimum Gasteiger partial charge on any atom is -0.478 e. The number of halogens is 5. The molecule has 0 unspecified atom stereocenters. The lowest BCUT2D eigenvalue weighted by Crippen LogP contribution is -2.08. The van der Waals surface area contributed by atoms with Gasteiger partial charge in [-0.15, -0.1) is 0 Å². The van der Waals surface area contributed by atoms with Gasteiger partial charge in [-0.1, -0.05) is 15.9 Å². The van der Waals surface area contributed by atoms with Gasteiger partial charge in [0.25, 0.3) is 0 Å². The molecule has 1 rings (SSSR count). The molecule has 0 aliphatic carbocycles. The highest BCUT2D eigenvalue weighted by molar-refractivity contribution is 9.10. The zero-order chi connectivity index (χ0) is 13.2. The van der Waals surface area contributed by atoms with Gasteiger partial charge in [-0.3, -0.25) is 0 Å². The Morgan fingerprint density at radius 1 is 1.35 bits per heavy atom. The Labute approximate surface area is 102 Å². The summed E-state index contributed by atoms with van der Waals surface area (Å²) < 4.78 is 50.2. The van der Waals surface area contributed by atoms with Crippen molar-refractivity contribution in [2.45, 2.75) is 6.18 Å². The molecule has 0 fully saturated rings. The van der Waals surface area contributed by atoms with Gasteiger partial charge in [-0.05, 0) is 23.8 Å². The standard InChI is InChI=1S/C10H5BrF4O2/c11-7-4-8(12)6(10(13,14)15)3-5(7)1-2-9(16)17/h1-4H,(H,16,17)/b2-1+. The van der Waals surface area contributed by atoms with E-state index in [2.05, 4.69) is 15.9 Å². The van der Waals surface area contributed by atoms with E-state index in [1.165, 1.54) is 0 Å². The molecule has 0 amide bonds. The highest BCUT2D eigenvalue weighted by atomic mass is 79.9. The summed E-state index contributed by atoms with van der Waals surface area (Å²) in [5.74, 6) is -2.73. The second-order valence-corrected chi connectivity index (χ2v) is 3.88. The van der Waals surface area contributed by atoms with Gasteiger partial charge < -0.3 is 5.11 Å². The molecule has 0 spiro atoms. The van der Waals surface area contributed by atoms with Crippen LogP contribution in [0, 0.1) is 5.82 Å². The third-order valence-corrected chi connectivity index (χ3v) is 2.48. The van der Waals surface area contributed by atoms with Crippen molar-refractivity contribution in [1.29, 1.82) is 0 Å². The molecule has 17 heavy (non-hydrogen) atoms. The zero-order valence-electron chi connectivity index (χ0n) is 8.05. The molecule has 2 nitrogen and oxygen atoms in total. The van der Waals surface area contributed by atoms with E-state index < -0.39 is 23.5 Å². The van der Waals surface area contributed by atoms with Crippen molar-refractivity contribution in [3.63, 3.8) is 0 Å². The van der Waals surface area contributed by atoms with E-state index in [0.717, 1.165) is 6.08 Å². The molecular weight excluding hydrogens is 308 g/mol. The van der Waals surface area contributed by atoms with Crippen molar-refractivity contribution < 1.29 is 27.5 Å². The fourth-order valence-corrected chi connectivity index (χ4v) is 1.52. The van der Waals surface area contributed by atoms with Crippen molar-refractivity contribution in [1.82, 2.24) is 0 Å². The van der Waals surface area contributed by atoms with Crippen LogP contribution in [0.15, 0.2) is 22.7 Å². The maximum absolute atomic E-state index is 13.0. The number of alkyl halides is 3. The molecular formula is C10H5BrF4O2. The molecule has 1 aromatic rings. The quantitative estimate of drug-likeness (QED) is 0.668. The molecule has 0 saturated carbocycles. The topological polar surface area (TPSA) is 37.3 Å². The van der Waals surface area contributed by atoms with Crippen molar-refractivity contribution in [2.24, 2.45) is 0 Å². The first-order chi connectivity index (χ1) is 7.71. The summed E-state index contributed by atoms with van der Waals surface area (Å²) in [4.78, 5) is 10.2. The van der Waals surface area contributed by atoms with Crippen molar-refractivity contribution in [2.75, 3.05) is 0 Å². The van der Waals surface area contributed by atoms with E-state index in [1.54, 1.807) is 0 Å². The Balaban J connectivity index is 3.29. The van der Waals surface area contributed by atoms with E-state index in [0.29, 0.717) is 18.2 Å². The van der Waals surface area contributed by atoms with Gasteiger partial charge in [0.15, 0.2) is 0 Å². The van der Waals surface area contributed by atoms with Gasteiger partial charge in [0, 0.05) is 10.5 Å². The largest absolute Gasteiger partial charge is 0.478 e. The zero-order valence-corrected chi connectivity index (χ0v) is 9.64. The summed E-state index contributed by atoms with van der Waals surface area (Å²) in [6, 6.07) is 1.18. The molecule has 0 atom stereocenters. The average Bonchev–Trinajstić information content (AvgIpc) is 2.13. The third-order valence-electron chi connectivity index (χ3n) is 1.80. The second kappa shape index (κ2) is 4.87. The van der Waals surface area contributed by atoms with Crippen LogP contribution in [0.1, 0.15) is 11.1 Å². The average molecular weight is 313 g/mol. The Morgan fingerprint density at radius 3 is 2.41 bits per heavy atom. The van der Waals surface area contributed by atoms with Gasteiger partial charge in [0.1, 0.15) is 5.82 Å². The fraction of sp³-hybridized carbons (Fsp3) is 0.100. The maximum atomic E-state index is 13.0. The first-order valence-corrected chi connectivity index (χ1v) is 4.98. The number of aliphatic carboxylic acids is 1. The monoisotopic (exact) mass is 312 g/mol. The number of benzene rings is 1. The molecule has 0 aliphatic heterocycles. The van der Waals surface area contributed by atoms with Crippen LogP contribution in [0.5, 0.6) is 0 Å². The molecule has 0 aromatic heterocycles. The Bertz CT molecular complexity index is 480. The van der Waals surface area contributed by atoms with E-state index in [4.69, 9.17) is 5.11 Å². The van der Waals surface area contributed by atoms with E-state index in [-0.39, 0.29) is 10.0 Å². The van der Waals surface area contributed by atoms with Gasteiger partial charge in [0.2, 0.25) is 0 Å². The molecule has 0 aliphatic rings. The molecule has 0 bridgehead atoms. The Morgan fingerprint density at radius 2 is 1.94 bits per heavy atom. The number of carboxylic acids is 1. The van der Waals surface area contributed by atoms with E-state index in [1.807, 2.05) is 0 Å². The number of carboxylic acid groups (broad SMARTS) is 1. The predicted octanol–water partition coefficient (Wildman–Crippen LogP) is 3.70. The van der Waals surface area contributed by atoms with Crippen LogP contribution in [0.4, 0.5) is 17.6 Å². The maximum Gasteiger partial charge on any atom is 0.419 e. The van der Waals surface area contributed by atoms with Crippen LogP contribution in [0.25, 0.3) is 6.08 Å². The van der Waals surface area contributed by atoms with Gasteiger partial charge in [-0.2, -0.15) is 13.2 Å².